The molecule has 1 aromatic rings. The van der Waals surface area contributed by atoms with Crippen molar-refractivity contribution in [3.63, 3.8) is 0 Å². The molecule has 2 unspecified atom stereocenters. The van der Waals surface area contributed by atoms with Crippen molar-refractivity contribution >= 4 is 33.4 Å². The van der Waals surface area contributed by atoms with Crippen molar-refractivity contribution in [3.05, 3.63) is 28.5 Å². The summed E-state index contributed by atoms with van der Waals surface area (Å²) in [7, 11) is 0. The van der Waals surface area contributed by atoms with Gasteiger partial charge in [0.05, 0.1) is 17.6 Å². The van der Waals surface area contributed by atoms with Gasteiger partial charge in [-0.2, -0.15) is 0 Å². The number of carbonyl (C=O) groups is 2. The van der Waals surface area contributed by atoms with E-state index in [2.05, 4.69) is 33.5 Å². The molecule has 2 amide bonds. The van der Waals surface area contributed by atoms with Gasteiger partial charge < -0.3 is 10.6 Å². The molecule has 0 aliphatic carbocycles. The van der Waals surface area contributed by atoms with Crippen LogP contribution in [0.4, 0.5) is 10.1 Å². The van der Waals surface area contributed by atoms with E-state index in [9.17, 15) is 14.0 Å². The molecule has 144 valence electrons. The summed E-state index contributed by atoms with van der Waals surface area (Å²) in [5.41, 5.74) is 0.163. The van der Waals surface area contributed by atoms with Crippen LogP contribution in [0.3, 0.4) is 0 Å². The summed E-state index contributed by atoms with van der Waals surface area (Å²) < 4.78 is 14.5. The number of likely N-dealkylation sites (tertiary alicyclic amines) is 1. The lowest BCUT2D eigenvalue weighted by molar-refractivity contribution is -0.129. The third-order valence-corrected chi connectivity index (χ3v) is 5.26. The van der Waals surface area contributed by atoms with E-state index in [0.717, 1.165) is 32.2 Å². The molecule has 0 bridgehead atoms. The molecular formula is C19H27BrFN3O2. The molecule has 0 spiro atoms. The largest absolute Gasteiger partial charge is 0.356 e. The number of unbranched alkanes of at least 4 members (excludes halogenated alkanes) is 1. The summed E-state index contributed by atoms with van der Waals surface area (Å²) in [5, 5.41) is 5.62. The number of amides is 2. The summed E-state index contributed by atoms with van der Waals surface area (Å²) in [5.74, 6) is -0.778. The number of anilines is 1. The van der Waals surface area contributed by atoms with E-state index in [1.54, 1.807) is 13.0 Å². The number of hydrogen-bond donors (Lipinski definition) is 2. The lowest BCUT2D eigenvalue weighted by atomic mass is 9.95. The number of carbonyl (C=O) groups excluding carboxylic acids is 2. The Labute approximate surface area is 162 Å². The lowest BCUT2D eigenvalue weighted by Crippen LogP contribution is -2.50. The van der Waals surface area contributed by atoms with Gasteiger partial charge in [-0.25, -0.2) is 4.39 Å². The minimum absolute atomic E-state index is 0.0645. The number of benzene rings is 1. The van der Waals surface area contributed by atoms with Crippen molar-refractivity contribution in [2.24, 2.45) is 5.92 Å². The Kier molecular flexibility index (Phi) is 8.03. The summed E-state index contributed by atoms with van der Waals surface area (Å²) in [6, 6.07) is 4.10. The first-order chi connectivity index (χ1) is 12.4. The van der Waals surface area contributed by atoms with E-state index in [1.165, 1.54) is 12.1 Å². The van der Waals surface area contributed by atoms with E-state index in [4.69, 9.17) is 0 Å². The predicted molar refractivity (Wildman–Crippen MR) is 104 cm³/mol. The van der Waals surface area contributed by atoms with Crippen LogP contribution in [-0.2, 0) is 9.59 Å². The van der Waals surface area contributed by atoms with Gasteiger partial charge in [0.15, 0.2) is 0 Å². The van der Waals surface area contributed by atoms with Crippen LogP contribution < -0.4 is 10.6 Å². The minimum atomic E-state index is -0.480. The zero-order valence-electron chi connectivity index (χ0n) is 15.4. The molecule has 1 heterocycles. The van der Waals surface area contributed by atoms with Crippen LogP contribution in [-0.4, -0.2) is 42.4 Å². The Bertz CT molecular complexity index is 641. The van der Waals surface area contributed by atoms with Crippen LogP contribution in [0.1, 0.15) is 39.5 Å². The molecule has 5 nitrogen and oxygen atoms in total. The highest BCUT2D eigenvalue weighted by Gasteiger charge is 2.30. The zero-order valence-corrected chi connectivity index (χ0v) is 16.9. The van der Waals surface area contributed by atoms with Gasteiger partial charge in [-0.3, -0.25) is 14.5 Å². The third kappa shape index (κ3) is 5.77. The van der Waals surface area contributed by atoms with Crippen LogP contribution in [0.25, 0.3) is 0 Å². The topological polar surface area (TPSA) is 61.4 Å². The van der Waals surface area contributed by atoms with Crippen LogP contribution in [0.2, 0.25) is 0 Å². The van der Waals surface area contributed by atoms with Crippen molar-refractivity contribution in [3.8, 4) is 0 Å². The first kappa shape index (κ1) is 20.8. The minimum Gasteiger partial charge on any atom is -0.356 e. The average Bonchev–Trinajstić information content (AvgIpc) is 2.63. The first-order valence-corrected chi connectivity index (χ1v) is 9.99. The van der Waals surface area contributed by atoms with Crippen LogP contribution in [0.15, 0.2) is 22.7 Å². The molecule has 2 atom stereocenters. The monoisotopic (exact) mass is 427 g/mol. The van der Waals surface area contributed by atoms with E-state index < -0.39 is 11.9 Å². The van der Waals surface area contributed by atoms with Gasteiger partial charge in [0.2, 0.25) is 11.8 Å². The van der Waals surface area contributed by atoms with Gasteiger partial charge in [0.25, 0.3) is 0 Å². The van der Waals surface area contributed by atoms with E-state index in [1.807, 2.05) is 4.90 Å². The number of piperidine rings is 1. The van der Waals surface area contributed by atoms with Crippen molar-refractivity contribution in [2.45, 2.75) is 45.6 Å². The third-order valence-electron chi connectivity index (χ3n) is 4.77. The molecular weight excluding hydrogens is 401 g/mol. The fraction of sp³-hybridized carbons (Fsp3) is 0.579. The van der Waals surface area contributed by atoms with Gasteiger partial charge in [-0.15, -0.1) is 0 Å². The molecule has 1 aromatic carbocycles. The normalized spacial score (nSPS) is 19.0. The molecule has 7 heteroatoms. The smallest absolute Gasteiger partial charge is 0.241 e. The van der Waals surface area contributed by atoms with Crippen LogP contribution >= 0.6 is 15.9 Å². The Balaban J connectivity index is 1.92. The molecule has 0 saturated carbocycles. The zero-order chi connectivity index (χ0) is 19.1. The Morgan fingerprint density at radius 2 is 2.19 bits per heavy atom. The van der Waals surface area contributed by atoms with Gasteiger partial charge in [-0.1, -0.05) is 29.3 Å². The highest BCUT2D eigenvalue weighted by molar-refractivity contribution is 9.10. The van der Waals surface area contributed by atoms with Gasteiger partial charge >= 0.3 is 0 Å². The predicted octanol–water partition coefficient (Wildman–Crippen LogP) is 3.54. The molecule has 26 heavy (non-hydrogen) atoms. The highest BCUT2D eigenvalue weighted by Crippen LogP contribution is 2.22. The van der Waals surface area contributed by atoms with E-state index in [0.29, 0.717) is 17.6 Å². The maximum atomic E-state index is 13.9. The van der Waals surface area contributed by atoms with E-state index >= 15 is 0 Å². The molecule has 1 saturated heterocycles. The van der Waals surface area contributed by atoms with E-state index in [-0.39, 0.29) is 23.4 Å². The highest BCUT2D eigenvalue weighted by atomic mass is 79.9. The van der Waals surface area contributed by atoms with Crippen LogP contribution in [0, 0.1) is 11.7 Å². The average molecular weight is 428 g/mol. The molecule has 2 rings (SSSR count). The fourth-order valence-corrected chi connectivity index (χ4v) is 3.43. The van der Waals surface area contributed by atoms with Crippen molar-refractivity contribution in [1.82, 2.24) is 10.2 Å². The molecule has 0 radical (unpaired) electrons. The fourth-order valence-electron chi connectivity index (χ4n) is 3.10. The molecule has 2 N–H and O–H groups in total. The summed E-state index contributed by atoms with van der Waals surface area (Å²) in [6.07, 6.45) is 3.72. The Morgan fingerprint density at radius 3 is 2.88 bits per heavy atom. The molecule has 0 aromatic heterocycles. The van der Waals surface area contributed by atoms with Gasteiger partial charge in [0.1, 0.15) is 5.82 Å². The molecule has 1 aliphatic rings. The summed E-state index contributed by atoms with van der Waals surface area (Å²) in [6.45, 7) is 5.89. The molecule has 1 aliphatic heterocycles. The second kappa shape index (κ2) is 10.0. The quantitative estimate of drug-likeness (QED) is 0.654. The maximum Gasteiger partial charge on any atom is 0.241 e. The lowest BCUT2D eigenvalue weighted by Gasteiger charge is -2.35. The number of nitrogens with one attached hydrogen (secondary N) is 2. The second-order valence-electron chi connectivity index (χ2n) is 6.77. The van der Waals surface area contributed by atoms with Crippen molar-refractivity contribution in [2.75, 3.05) is 25.0 Å². The summed E-state index contributed by atoms with van der Waals surface area (Å²) >= 11 is 3.20. The summed E-state index contributed by atoms with van der Waals surface area (Å²) in [4.78, 5) is 26.8. The van der Waals surface area contributed by atoms with Crippen molar-refractivity contribution in [1.29, 1.82) is 0 Å². The second-order valence-corrected chi connectivity index (χ2v) is 7.68. The van der Waals surface area contributed by atoms with Gasteiger partial charge in [0, 0.05) is 17.6 Å². The first-order valence-electron chi connectivity index (χ1n) is 9.20. The SMILES string of the molecule is CCCCNC(=O)C1CCCN(C(C)C(=O)Nc2ccc(Br)cc2F)C1. The Morgan fingerprint density at radius 1 is 1.42 bits per heavy atom. The standard InChI is InChI=1S/C19H27BrFN3O2/c1-3-4-9-22-19(26)14-6-5-10-24(12-14)13(2)18(25)23-17-8-7-15(20)11-16(17)21/h7-8,11,13-14H,3-6,9-10,12H2,1-2H3,(H,22,26)(H,23,25). The van der Waals surface area contributed by atoms with Gasteiger partial charge in [-0.05, 0) is 50.9 Å². The molecule has 1 fully saturated rings. The van der Waals surface area contributed by atoms with Crippen molar-refractivity contribution < 1.29 is 14.0 Å². The number of halogens is 2. The Hall–Kier alpha value is -1.47. The van der Waals surface area contributed by atoms with Crippen LogP contribution in [0.5, 0.6) is 0 Å². The number of rotatable bonds is 7. The number of hydrogen-bond acceptors (Lipinski definition) is 3. The number of nitrogens with zero attached hydrogens (tertiary/aromatic N) is 1. The maximum absolute atomic E-state index is 13.9.